The minimum Gasteiger partial charge on any atom is -0.472 e. The standard InChI is InChI=1S/C13H20N4O/c1-4-6-14-11-9-17-8-7-15-12(17)13(16-11)18-10(3)5-2/h7-10,14H,4-6H2,1-3H3. The number of fused-ring (bicyclic) bond motifs is 1. The second-order valence-corrected chi connectivity index (χ2v) is 4.35. The Morgan fingerprint density at radius 1 is 1.44 bits per heavy atom. The summed E-state index contributed by atoms with van der Waals surface area (Å²) in [6.45, 7) is 7.15. The first-order valence-corrected chi connectivity index (χ1v) is 6.48. The number of nitrogens with one attached hydrogen (secondary N) is 1. The van der Waals surface area contributed by atoms with E-state index in [-0.39, 0.29) is 6.10 Å². The van der Waals surface area contributed by atoms with Crippen molar-refractivity contribution >= 4 is 11.5 Å². The van der Waals surface area contributed by atoms with Crippen LogP contribution in [0.5, 0.6) is 5.88 Å². The normalized spacial score (nSPS) is 12.6. The molecule has 1 unspecified atom stereocenters. The van der Waals surface area contributed by atoms with E-state index < -0.39 is 0 Å². The quantitative estimate of drug-likeness (QED) is 0.854. The summed E-state index contributed by atoms with van der Waals surface area (Å²) in [5, 5.41) is 3.27. The number of imidazole rings is 1. The third kappa shape index (κ3) is 2.72. The van der Waals surface area contributed by atoms with Gasteiger partial charge in [0.15, 0.2) is 0 Å². The van der Waals surface area contributed by atoms with Crippen molar-refractivity contribution < 1.29 is 4.74 Å². The molecule has 0 bridgehead atoms. The minimum atomic E-state index is 0.138. The molecule has 2 rings (SSSR count). The third-order valence-electron chi connectivity index (χ3n) is 2.79. The van der Waals surface area contributed by atoms with Crippen molar-refractivity contribution in [3.8, 4) is 5.88 Å². The molecule has 5 nitrogen and oxygen atoms in total. The summed E-state index contributed by atoms with van der Waals surface area (Å²) < 4.78 is 7.75. The van der Waals surface area contributed by atoms with E-state index >= 15 is 0 Å². The zero-order chi connectivity index (χ0) is 13.0. The Hall–Kier alpha value is -1.78. The van der Waals surface area contributed by atoms with E-state index in [1.165, 1.54) is 0 Å². The summed E-state index contributed by atoms with van der Waals surface area (Å²) in [5.74, 6) is 1.41. The predicted octanol–water partition coefficient (Wildman–Crippen LogP) is 2.73. The van der Waals surface area contributed by atoms with E-state index in [9.17, 15) is 0 Å². The largest absolute Gasteiger partial charge is 0.472 e. The number of ether oxygens (including phenoxy) is 1. The molecule has 1 N–H and O–H groups in total. The van der Waals surface area contributed by atoms with E-state index in [0.29, 0.717) is 5.88 Å². The van der Waals surface area contributed by atoms with Crippen LogP contribution >= 0.6 is 0 Å². The monoisotopic (exact) mass is 248 g/mol. The zero-order valence-electron chi connectivity index (χ0n) is 11.2. The number of anilines is 1. The lowest BCUT2D eigenvalue weighted by Gasteiger charge is -2.14. The molecule has 0 saturated carbocycles. The van der Waals surface area contributed by atoms with Gasteiger partial charge in [-0.3, -0.25) is 4.40 Å². The highest BCUT2D eigenvalue weighted by atomic mass is 16.5. The highest BCUT2D eigenvalue weighted by Gasteiger charge is 2.11. The van der Waals surface area contributed by atoms with Crippen molar-refractivity contribution in [2.45, 2.75) is 39.7 Å². The van der Waals surface area contributed by atoms with Crippen molar-refractivity contribution in [2.75, 3.05) is 11.9 Å². The van der Waals surface area contributed by atoms with Crippen LogP contribution in [-0.4, -0.2) is 27.0 Å². The molecule has 0 saturated heterocycles. The molecule has 1 atom stereocenters. The first-order chi connectivity index (χ1) is 8.74. The topological polar surface area (TPSA) is 51.5 Å². The molecule has 0 radical (unpaired) electrons. The summed E-state index contributed by atoms with van der Waals surface area (Å²) >= 11 is 0. The number of rotatable bonds is 6. The van der Waals surface area contributed by atoms with Gasteiger partial charge in [-0.15, -0.1) is 0 Å². The molecule has 18 heavy (non-hydrogen) atoms. The molecule has 2 aromatic rings. The van der Waals surface area contributed by atoms with Gasteiger partial charge in [-0.2, -0.15) is 4.98 Å². The molecule has 98 valence electrons. The molecule has 0 amide bonds. The number of hydrogen-bond acceptors (Lipinski definition) is 4. The van der Waals surface area contributed by atoms with Crippen molar-refractivity contribution in [3.63, 3.8) is 0 Å². The van der Waals surface area contributed by atoms with Gasteiger partial charge in [0, 0.05) is 18.9 Å². The Kier molecular flexibility index (Phi) is 4.02. The predicted molar refractivity (Wildman–Crippen MR) is 72.1 cm³/mol. The Morgan fingerprint density at radius 3 is 3.00 bits per heavy atom. The van der Waals surface area contributed by atoms with Crippen molar-refractivity contribution in [1.82, 2.24) is 14.4 Å². The highest BCUT2D eigenvalue weighted by Crippen LogP contribution is 2.20. The Bertz CT molecular complexity index is 509. The molecule has 0 aliphatic heterocycles. The molecule has 2 heterocycles. The SMILES string of the molecule is CCCNc1cn2ccnc2c(OC(C)CC)n1. The fourth-order valence-corrected chi connectivity index (χ4v) is 1.59. The Balaban J connectivity index is 2.32. The number of nitrogens with zero attached hydrogens (tertiary/aromatic N) is 3. The first kappa shape index (κ1) is 12.7. The molecule has 0 aliphatic carbocycles. The number of hydrogen-bond donors (Lipinski definition) is 1. The van der Waals surface area contributed by atoms with Crippen LogP contribution in [0, 0.1) is 0 Å². The van der Waals surface area contributed by atoms with Crippen LogP contribution in [0.3, 0.4) is 0 Å². The molecule has 0 aliphatic rings. The number of aromatic nitrogens is 3. The van der Waals surface area contributed by atoms with Gasteiger partial charge < -0.3 is 10.1 Å². The minimum absolute atomic E-state index is 0.138. The van der Waals surface area contributed by atoms with Crippen LogP contribution in [-0.2, 0) is 0 Å². The van der Waals surface area contributed by atoms with Gasteiger partial charge in [0.25, 0.3) is 5.88 Å². The van der Waals surface area contributed by atoms with Crippen LogP contribution in [0.4, 0.5) is 5.82 Å². The van der Waals surface area contributed by atoms with E-state index in [1.54, 1.807) is 6.20 Å². The molecule has 0 fully saturated rings. The molecule has 0 spiro atoms. The summed E-state index contributed by atoms with van der Waals surface area (Å²) in [4.78, 5) is 8.76. The van der Waals surface area contributed by atoms with Gasteiger partial charge in [-0.1, -0.05) is 13.8 Å². The lowest BCUT2D eigenvalue weighted by molar-refractivity contribution is 0.210. The fraction of sp³-hybridized carbons (Fsp3) is 0.538. The maximum Gasteiger partial charge on any atom is 0.260 e. The Morgan fingerprint density at radius 2 is 2.28 bits per heavy atom. The molecular weight excluding hydrogens is 228 g/mol. The average Bonchev–Trinajstić information content (AvgIpc) is 2.84. The van der Waals surface area contributed by atoms with Gasteiger partial charge in [0.05, 0.1) is 12.3 Å². The molecule has 5 heteroatoms. The summed E-state index contributed by atoms with van der Waals surface area (Å²) in [6.07, 6.45) is 7.73. The van der Waals surface area contributed by atoms with Crippen LogP contribution in [0.25, 0.3) is 5.65 Å². The highest BCUT2D eigenvalue weighted by molar-refractivity contribution is 5.53. The van der Waals surface area contributed by atoms with Crippen molar-refractivity contribution in [1.29, 1.82) is 0 Å². The van der Waals surface area contributed by atoms with Gasteiger partial charge >= 0.3 is 0 Å². The van der Waals surface area contributed by atoms with Crippen molar-refractivity contribution in [2.24, 2.45) is 0 Å². The lowest BCUT2D eigenvalue weighted by atomic mass is 10.3. The van der Waals surface area contributed by atoms with Crippen LogP contribution < -0.4 is 10.1 Å². The van der Waals surface area contributed by atoms with Crippen LogP contribution in [0.2, 0.25) is 0 Å². The molecular formula is C13H20N4O. The van der Waals surface area contributed by atoms with Crippen LogP contribution in [0.15, 0.2) is 18.6 Å². The fourth-order valence-electron chi connectivity index (χ4n) is 1.59. The third-order valence-corrected chi connectivity index (χ3v) is 2.79. The average molecular weight is 248 g/mol. The second kappa shape index (κ2) is 5.71. The smallest absolute Gasteiger partial charge is 0.260 e. The maximum atomic E-state index is 5.82. The second-order valence-electron chi connectivity index (χ2n) is 4.35. The van der Waals surface area contributed by atoms with E-state index in [1.807, 2.05) is 23.7 Å². The summed E-state index contributed by atoms with van der Waals surface area (Å²) in [7, 11) is 0. The zero-order valence-corrected chi connectivity index (χ0v) is 11.2. The summed E-state index contributed by atoms with van der Waals surface area (Å²) in [6, 6.07) is 0. The van der Waals surface area contributed by atoms with Gasteiger partial charge in [-0.05, 0) is 19.8 Å². The van der Waals surface area contributed by atoms with E-state index in [0.717, 1.165) is 30.9 Å². The van der Waals surface area contributed by atoms with E-state index in [2.05, 4.69) is 29.1 Å². The maximum absolute atomic E-state index is 5.82. The first-order valence-electron chi connectivity index (χ1n) is 6.48. The van der Waals surface area contributed by atoms with Crippen LogP contribution in [0.1, 0.15) is 33.6 Å². The molecule has 2 aromatic heterocycles. The lowest BCUT2D eigenvalue weighted by Crippen LogP contribution is -2.13. The van der Waals surface area contributed by atoms with Gasteiger partial charge in [0.1, 0.15) is 5.82 Å². The van der Waals surface area contributed by atoms with Gasteiger partial charge in [0.2, 0.25) is 5.65 Å². The molecule has 0 aromatic carbocycles. The van der Waals surface area contributed by atoms with E-state index in [4.69, 9.17) is 4.74 Å². The Labute approximate surface area is 107 Å². The van der Waals surface area contributed by atoms with Crippen molar-refractivity contribution in [3.05, 3.63) is 18.6 Å². The van der Waals surface area contributed by atoms with Gasteiger partial charge in [-0.25, -0.2) is 4.98 Å². The summed E-state index contributed by atoms with van der Waals surface area (Å²) in [5.41, 5.74) is 0.761.